The lowest BCUT2D eigenvalue weighted by atomic mass is 10.0. The molecule has 0 unspecified atom stereocenters. The second kappa shape index (κ2) is 13.0. The molecule has 1 aliphatic rings. The Balaban J connectivity index is 0.00000264. The van der Waals surface area contributed by atoms with Crippen LogP contribution in [-0.4, -0.2) is 43.5 Å². The van der Waals surface area contributed by atoms with Crippen LogP contribution in [0.1, 0.15) is 31.2 Å². The Hall–Kier alpha value is -0.330. The van der Waals surface area contributed by atoms with Crippen molar-refractivity contribution in [1.29, 1.82) is 0 Å². The van der Waals surface area contributed by atoms with Crippen molar-refractivity contribution in [3.05, 3.63) is 34.3 Å². The van der Waals surface area contributed by atoms with E-state index in [2.05, 4.69) is 55.7 Å². The Bertz CT molecular complexity index is 465. The van der Waals surface area contributed by atoms with E-state index in [9.17, 15) is 4.79 Å². The minimum atomic E-state index is 0. The lowest BCUT2D eigenvalue weighted by Crippen LogP contribution is -2.44. The molecule has 0 aliphatic carbocycles. The molecule has 1 amide bonds. The van der Waals surface area contributed by atoms with Crippen molar-refractivity contribution in [2.45, 2.75) is 38.3 Å². The first-order valence-electron chi connectivity index (χ1n) is 8.08. The van der Waals surface area contributed by atoms with Crippen molar-refractivity contribution in [3.63, 3.8) is 0 Å². The van der Waals surface area contributed by atoms with Crippen LogP contribution in [0, 0.1) is 0 Å². The lowest BCUT2D eigenvalue weighted by molar-refractivity contribution is -0.122. The van der Waals surface area contributed by atoms with E-state index in [-0.39, 0.29) is 30.7 Å². The molecular formula is C17H28BrCl2N3O. The fourth-order valence-electron chi connectivity index (χ4n) is 2.81. The van der Waals surface area contributed by atoms with Gasteiger partial charge in [-0.05, 0) is 50.6 Å². The van der Waals surface area contributed by atoms with E-state index in [4.69, 9.17) is 0 Å². The highest BCUT2D eigenvalue weighted by Crippen LogP contribution is 2.16. The first kappa shape index (κ1) is 23.7. The Kier molecular flexibility index (Phi) is 12.8. The highest BCUT2D eigenvalue weighted by molar-refractivity contribution is 9.10. The van der Waals surface area contributed by atoms with Crippen molar-refractivity contribution in [1.82, 2.24) is 15.5 Å². The predicted molar refractivity (Wildman–Crippen MR) is 108 cm³/mol. The van der Waals surface area contributed by atoms with Gasteiger partial charge in [-0.25, -0.2) is 0 Å². The maximum atomic E-state index is 11.8. The normalized spacial score (nSPS) is 15.2. The number of carbonyl (C=O) groups is 1. The SMILES string of the molecule is CNCCCC(=O)NC1CCN(Cc2ccc(Br)cc2)CC1.Cl.Cl. The first-order valence-corrected chi connectivity index (χ1v) is 8.87. The van der Waals surface area contributed by atoms with Gasteiger partial charge in [0.25, 0.3) is 0 Å². The van der Waals surface area contributed by atoms with Gasteiger partial charge in [-0.2, -0.15) is 0 Å². The summed E-state index contributed by atoms with van der Waals surface area (Å²) < 4.78 is 1.12. The zero-order valence-electron chi connectivity index (χ0n) is 14.1. The Morgan fingerprint density at radius 2 is 1.83 bits per heavy atom. The van der Waals surface area contributed by atoms with Crippen LogP contribution in [0.3, 0.4) is 0 Å². The summed E-state index contributed by atoms with van der Waals surface area (Å²) in [5.74, 6) is 0.196. The number of rotatable bonds is 7. The largest absolute Gasteiger partial charge is 0.353 e. The fraction of sp³-hybridized carbons (Fsp3) is 0.588. The average molecular weight is 441 g/mol. The van der Waals surface area contributed by atoms with Gasteiger partial charge in [-0.15, -0.1) is 24.8 Å². The number of piperidine rings is 1. The van der Waals surface area contributed by atoms with Crippen LogP contribution < -0.4 is 10.6 Å². The van der Waals surface area contributed by atoms with Crippen LogP contribution in [0.2, 0.25) is 0 Å². The van der Waals surface area contributed by atoms with Crippen molar-refractivity contribution in [2.24, 2.45) is 0 Å². The van der Waals surface area contributed by atoms with E-state index in [1.165, 1.54) is 5.56 Å². The number of benzene rings is 1. The Labute approximate surface area is 166 Å². The van der Waals surface area contributed by atoms with Gasteiger partial charge >= 0.3 is 0 Å². The van der Waals surface area contributed by atoms with Crippen LogP contribution in [0.15, 0.2) is 28.7 Å². The average Bonchev–Trinajstić information content (AvgIpc) is 2.52. The van der Waals surface area contributed by atoms with Gasteiger partial charge in [0.2, 0.25) is 5.91 Å². The quantitative estimate of drug-likeness (QED) is 0.638. The number of hydrogen-bond acceptors (Lipinski definition) is 3. The van der Waals surface area contributed by atoms with Crippen molar-refractivity contribution < 1.29 is 4.79 Å². The first-order chi connectivity index (χ1) is 10.7. The van der Waals surface area contributed by atoms with Gasteiger partial charge in [-0.1, -0.05) is 28.1 Å². The summed E-state index contributed by atoms with van der Waals surface area (Å²) in [4.78, 5) is 14.3. The molecule has 7 heteroatoms. The fourth-order valence-corrected chi connectivity index (χ4v) is 3.07. The van der Waals surface area contributed by atoms with E-state index < -0.39 is 0 Å². The summed E-state index contributed by atoms with van der Waals surface area (Å²) in [6.07, 6.45) is 3.63. The van der Waals surface area contributed by atoms with Crippen molar-refractivity contribution >= 4 is 46.7 Å². The molecule has 2 rings (SSSR count). The molecule has 24 heavy (non-hydrogen) atoms. The number of halogens is 3. The van der Waals surface area contributed by atoms with E-state index in [0.29, 0.717) is 12.5 Å². The monoisotopic (exact) mass is 439 g/mol. The van der Waals surface area contributed by atoms with Crippen molar-refractivity contribution in [3.8, 4) is 0 Å². The number of hydrogen-bond donors (Lipinski definition) is 2. The molecule has 0 spiro atoms. The number of nitrogens with zero attached hydrogens (tertiary/aromatic N) is 1. The second-order valence-corrected chi connectivity index (χ2v) is 6.87. The van der Waals surface area contributed by atoms with Crippen LogP contribution in [0.5, 0.6) is 0 Å². The third-order valence-electron chi connectivity index (χ3n) is 4.10. The molecule has 0 atom stereocenters. The summed E-state index contributed by atoms with van der Waals surface area (Å²) >= 11 is 3.47. The van der Waals surface area contributed by atoms with E-state index in [0.717, 1.165) is 49.9 Å². The molecule has 1 fully saturated rings. The minimum absolute atomic E-state index is 0. The number of carbonyl (C=O) groups excluding carboxylic acids is 1. The van der Waals surface area contributed by atoms with Gasteiger partial charge < -0.3 is 10.6 Å². The highest BCUT2D eigenvalue weighted by atomic mass is 79.9. The van der Waals surface area contributed by atoms with E-state index in [1.54, 1.807) is 0 Å². The molecule has 4 nitrogen and oxygen atoms in total. The van der Waals surface area contributed by atoms with Crippen LogP contribution >= 0.6 is 40.7 Å². The lowest BCUT2D eigenvalue weighted by Gasteiger charge is -2.32. The van der Waals surface area contributed by atoms with Gasteiger partial charge in [0.1, 0.15) is 0 Å². The Morgan fingerprint density at radius 3 is 2.42 bits per heavy atom. The summed E-state index contributed by atoms with van der Waals surface area (Å²) in [5.41, 5.74) is 1.35. The zero-order valence-corrected chi connectivity index (χ0v) is 17.3. The number of amides is 1. The number of nitrogens with one attached hydrogen (secondary N) is 2. The standard InChI is InChI=1S/C17H26BrN3O.2ClH/c1-19-10-2-3-17(22)20-16-8-11-21(12-9-16)13-14-4-6-15(18)7-5-14;;/h4-7,16,19H,2-3,8-13H2,1H3,(H,20,22);2*1H. The summed E-state index contributed by atoms with van der Waals surface area (Å²) in [5, 5.41) is 6.24. The molecule has 0 bridgehead atoms. The predicted octanol–water partition coefficient (Wildman–Crippen LogP) is 3.37. The third kappa shape index (κ3) is 8.67. The molecule has 2 N–H and O–H groups in total. The van der Waals surface area contributed by atoms with E-state index in [1.807, 2.05) is 7.05 Å². The van der Waals surface area contributed by atoms with Crippen LogP contribution in [0.4, 0.5) is 0 Å². The maximum Gasteiger partial charge on any atom is 0.220 e. The highest BCUT2D eigenvalue weighted by Gasteiger charge is 2.20. The molecule has 1 heterocycles. The summed E-state index contributed by atoms with van der Waals surface area (Å²) in [7, 11) is 1.92. The van der Waals surface area contributed by atoms with Gasteiger partial charge in [0.05, 0.1) is 0 Å². The molecule has 1 aromatic rings. The topological polar surface area (TPSA) is 44.4 Å². The maximum absolute atomic E-state index is 11.8. The molecule has 138 valence electrons. The van der Waals surface area contributed by atoms with Gasteiger partial charge in [-0.3, -0.25) is 9.69 Å². The van der Waals surface area contributed by atoms with Gasteiger partial charge in [0.15, 0.2) is 0 Å². The summed E-state index contributed by atoms with van der Waals surface area (Å²) in [6, 6.07) is 8.86. The molecular weight excluding hydrogens is 413 g/mol. The van der Waals surface area contributed by atoms with Crippen LogP contribution in [-0.2, 0) is 11.3 Å². The van der Waals surface area contributed by atoms with E-state index >= 15 is 0 Å². The van der Waals surface area contributed by atoms with Crippen molar-refractivity contribution in [2.75, 3.05) is 26.7 Å². The molecule has 0 radical (unpaired) electrons. The smallest absolute Gasteiger partial charge is 0.220 e. The third-order valence-corrected chi connectivity index (χ3v) is 4.63. The minimum Gasteiger partial charge on any atom is -0.353 e. The zero-order chi connectivity index (χ0) is 15.8. The number of likely N-dealkylation sites (tertiary alicyclic amines) is 1. The Morgan fingerprint density at radius 1 is 1.21 bits per heavy atom. The molecule has 0 aromatic heterocycles. The second-order valence-electron chi connectivity index (χ2n) is 5.95. The van der Waals surface area contributed by atoms with Gasteiger partial charge in [0, 0.05) is 36.6 Å². The van der Waals surface area contributed by atoms with Crippen LogP contribution in [0.25, 0.3) is 0 Å². The molecule has 1 saturated heterocycles. The molecule has 1 aromatic carbocycles. The molecule has 1 aliphatic heterocycles. The molecule has 0 saturated carbocycles. The summed E-state index contributed by atoms with van der Waals surface area (Å²) in [6.45, 7) is 4.00.